The Bertz CT molecular complexity index is 526. The van der Waals surface area contributed by atoms with Crippen LogP contribution >= 0.6 is 0 Å². The summed E-state index contributed by atoms with van der Waals surface area (Å²) in [6.07, 6.45) is 0. The Hall–Kier alpha value is -1.41. The van der Waals surface area contributed by atoms with E-state index in [2.05, 4.69) is 57.3 Å². The highest BCUT2D eigenvalue weighted by molar-refractivity contribution is 5.78. The van der Waals surface area contributed by atoms with E-state index in [0.29, 0.717) is 5.92 Å². The van der Waals surface area contributed by atoms with Crippen molar-refractivity contribution >= 4 is 10.9 Å². The van der Waals surface area contributed by atoms with Gasteiger partial charge in [0.15, 0.2) is 0 Å². The molecule has 1 aromatic carbocycles. The first-order valence-electron chi connectivity index (χ1n) is 6.56. The molecule has 0 amide bonds. The van der Waals surface area contributed by atoms with Crippen LogP contribution in [0.1, 0.15) is 39.3 Å². The molecule has 0 aliphatic heterocycles. The molecule has 2 aromatic rings. The lowest BCUT2D eigenvalue weighted by molar-refractivity contribution is 0.411. The summed E-state index contributed by atoms with van der Waals surface area (Å²) < 4.78 is 0. The number of para-hydroxylation sites is 1. The fourth-order valence-electron chi connectivity index (χ4n) is 1.92. The first kappa shape index (κ1) is 13.0. The lowest BCUT2D eigenvalue weighted by Crippen LogP contribution is -2.38. The summed E-state index contributed by atoms with van der Waals surface area (Å²) in [5.41, 5.74) is 2.40. The first-order chi connectivity index (χ1) is 8.46. The second-order valence-corrected chi connectivity index (χ2v) is 5.96. The van der Waals surface area contributed by atoms with Crippen LogP contribution in [-0.2, 0) is 0 Å². The third-order valence-electron chi connectivity index (χ3n) is 3.06. The van der Waals surface area contributed by atoms with Crippen LogP contribution in [-0.4, -0.2) is 17.1 Å². The second kappa shape index (κ2) is 5.07. The SMILES string of the molecule is CC(CNC(C)(C)C)c1ccc2ccccc2n1. The molecule has 1 N–H and O–H groups in total. The molecule has 2 rings (SSSR count). The average molecular weight is 242 g/mol. The van der Waals surface area contributed by atoms with Gasteiger partial charge in [0.25, 0.3) is 0 Å². The zero-order valence-electron chi connectivity index (χ0n) is 11.7. The summed E-state index contributed by atoms with van der Waals surface area (Å²) in [6.45, 7) is 9.74. The Morgan fingerprint density at radius 3 is 2.56 bits per heavy atom. The first-order valence-corrected chi connectivity index (χ1v) is 6.56. The number of hydrogen-bond acceptors (Lipinski definition) is 2. The normalized spacial score (nSPS) is 13.8. The Labute approximate surface area is 109 Å². The van der Waals surface area contributed by atoms with Gasteiger partial charge in [0.05, 0.1) is 5.52 Å². The number of fused-ring (bicyclic) bond motifs is 1. The van der Waals surface area contributed by atoms with E-state index in [-0.39, 0.29) is 5.54 Å². The summed E-state index contributed by atoms with van der Waals surface area (Å²) in [5.74, 6) is 0.425. The van der Waals surface area contributed by atoms with Crippen LogP contribution in [0.25, 0.3) is 10.9 Å². The number of pyridine rings is 1. The Balaban J connectivity index is 2.15. The molecule has 2 nitrogen and oxygen atoms in total. The summed E-state index contributed by atoms with van der Waals surface area (Å²) in [7, 11) is 0. The number of benzene rings is 1. The molecular formula is C16H22N2. The number of rotatable bonds is 3. The number of nitrogens with zero attached hydrogens (tertiary/aromatic N) is 1. The zero-order valence-corrected chi connectivity index (χ0v) is 11.7. The van der Waals surface area contributed by atoms with Crippen molar-refractivity contribution in [2.45, 2.75) is 39.2 Å². The maximum absolute atomic E-state index is 4.74. The molecule has 96 valence electrons. The molecule has 0 saturated heterocycles. The molecule has 1 aromatic heterocycles. The number of aromatic nitrogens is 1. The van der Waals surface area contributed by atoms with E-state index in [1.165, 1.54) is 5.39 Å². The third kappa shape index (κ3) is 3.30. The van der Waals surface area contributed by atoms with E-state index in [1.807, 2.05) is 12.1 Å². The fourth-order valence-corrected chi connectivity index (χ4v) is 1.92. The minimum absolute atomic E-state index is 0.158. The lowest BCUT2D eigenvalue weighted by atomic mass is 10.0. The van der Waals surface area contributed by atoms with Gasteiger partial charge >= 0.3 is 0 Å². The van der Waals surface area contributed by atoms with Crippen molar-refractivity contribution in [2.24, 2.45) is 0 Å². The Morgan fingerprint density at radius 2 is 1.83 bits per heavy atom. The molecule has 18 heavy (non-hydrogen) atoms. The summed E-state index contributed by atoms with van der Waals surface area (Å²) >= 11 is 0. The highest BCUT2D eigenvalue weighted by atomic mass is 14.9. The molecule has 1 heterocycles. The zero-order chi connectivity index (χ0) is 13.2. The van der Waals surface area contributed by atoms with Crippen molar-refractivity contribution in [1.82, 2.24) is 10.3 Å². The molecule has 1 atom stereocenters. The van der Waals surface area contributed by atoms with Crippen LogP contribution in [0, 0.1) is 0 Å². The van der Waals surface area contributed by atoms with Crippen LogP contribution in [0.15, 0.2) is 36.4 Å². The highest BCUT2D eigenvalue weighted by Gasteiger charge is 2.13. The Morgan fingerprint density at radius 1 is 1.11 bits per heavy atom. The van der Waals surface area contributed by atoms with Gasteiger partial charge in [-0.15, -0.1) is 0 Å². The van der Waals surface area contributed by atoms with Crippen LogP contribution in [0.2, 0.25) is 0 Å². The van der Waals surface area contributed by atoms with Crippen molar-refractivity contribution in [3.8, 4) is 0 Å². The maximum atomic E-state index is 4.74. The van der Waals surface area contributed by atoms with E-state index in [4.69, 9.17) is 4.98 Å². The number of hydrogen-bond donors (Lipinski definition) is 1. The molecule has 2 heteroatoms. The lowest BCUT2D eigenvalue weighted by Gasteiger charge is -2.23. The van der Waals surface area contributed by atoms with Crippen molar-refractivity contribution in [3.05, 3.63) is 42.1 Å². The van der Waals surface area contributed by atoms with Gasteiger partial charge in [-0.3, -0.25) is 4.98 Å². The summed E-state index contributed by atoms with van der Waals surface area (Å²) in [6, 6.07) is 12.6. The van der Waals surface area contributed by atoms with Crippen molar-refractivity contribution in [1.29, 1.82) is 0 Å². The topological polar surface area (TPSA) is 24.9 Å². The molecule has 0 spiro atoms. The Kier molecular flexibility index (Phi) is 3.67. The van der Waals surface area contributed by atoms with E-state index in [1.54, 1.807) is 0 Å². The van der Waals surface area contributed by atoms with Gasteiger partial charge in [0.2, 0.25) is 0 Å². The molecule has 0 saturated carbocycles. The molecular weight excluding hydrogens is 220 g/mol. The quantitative estimate of drug-likeness (QED) is 0.887. The van der Waals surface area contributed by atoms with E-state index < -0.39 is 0 Å². The van der Waals surface area contributed by atoms with Crippen molar-refractivity contribution < 1.29 is 0 Å². The van der Waals surface area contributed by atoms with Gasteiger partial charge in [-0.2, -0.15) is 0 Å². The summed E-state index contributed by atoms with van der Waals surface area (Å²) in [4.78, 5) is 4.74. The van der Waals surface area contributed by atoms with Gasteiger partial charge < -0.3 is 5.32 Å². The van der Waals surface area contributed by atoms with E-state index in [9.17, 15) is 0 Å². The predicted molar refractivity (Wildman–Crippen MR) is 77.9 cm³/mol. The molecule has 1 unspecified atom stereocenters. The van der Waals surface area contributed by atoms with Crippen LogP contribution < -0.4 is 5.32 Å². The predicted octanol–water partition coefficient (Wildman–Crippen LogP) is 3.73. The highest BCUT2D eigenvalue weighted by Crippen LogP contribution is 2.18. The van der Waals surface area contributed by atoms with Gasteiger partial charge in [-0.1, -0.05) is 31.2 Å². The third-order valence-corrected chi connectivity index (χ3v) is 3.06. The minimum Gasteiger partial charge on any atom is -0.311 e. The molecule has 0 radical (unpaired) electrons. The minimum atomic E-state index is 0.158. The van der Waals surface area contributed by atoms with Crippen molar-refractivity contribution in [3.63, 3.8) is 0 Å². The molecule has 0 fully saturated rings. The maximum Gasteiger partial charge on any atom is 0.0705 e. The number of nitrogens with one attached hydrogen (secondary N) is 1. The van der Waals surface area contributed by atoms with E-state index in [0.717, 1.165) is 17.8 Å². The van der Waals surface area contributed by atoms with E-state index >= 15 is 0 Å². The fraction of sp³-hybridized carbons (Fsp3) is 0.438. The van der Waals surface area contributed by atoms with Crippen molar-refractivity contribution in [2.75, 3.05) is 6.54 Å². The second-order valence-electron chi connectivity index (χ2n) is 5.96. The van der Waals surface area contributed by atoms with Gasteiger partial charge in [0, 0.05) is 29.1 Å². The van der Waals surface area contributed by atoms with Gasteiger partial charge in [-0.25, -0.2) is 0 Å². The van der Waals surface area contributed by atoms with Crippen LogP contribution in [0.5, 0.6) is 0 Å². The monoisotopic (exact) mass is 242 g/mol. The smallest absolute Gasteiger partial charge is 0.0705 e. The molecule has 0 bridgehead atoms. The van der Waals surface area contributed by atoms with Gasteiger partial charge in [-0.05, 0) is 32.9 Å². The van der Waals surface area contributed by atoms with Crippen LogP contribution in [0.3, 0.4) is 0 Å². The average Bonchev–Trinajstić information content (AvgIpc) is 2.34. The van der Waals surface area contributed by atoms with Gasteiger partial charge in [0.1, 0.15) is 0 Å². The summed E-state index contributed by atoms with van der Waals surface area (Å²) in [5, 5.41) is 4.73. The largest absolute Gasteiger partial charge is 0.311 e. The molecule has 0 aliphatic rings. The molecule has 0 aliphatic carbocycles. The van der Waals surface area contributed by atoms with Crippen LogP contribution in [0.4, 0.5) is 0 Å². The standard InChI is InChI=1S/C16H22N2/c1-12(11-17-16(2,3)4)14-10-9-13-7-5-6-8-15(13)18-14/h5-10,12,17H,11H2,1-4H3.